The van der Waals surface area contributed by atoms with Crippen molar-refractivity contribution < 1.29 is 0 Å². The Morgan fingerprint density at radius 1 is 1.19 bits per heavy atom. The number of H-pyrrole nitrogens is 1. The number of hydrogen-bond donors (Lipinski definition) is 1. The van der Waals surface area contributed by atoms with Crippen molar-refractivity contribution in [2.45, 2.75) is 26.8 Å². The minimum atomic E-state index is -0.484. The van der Waals surface area contributed by atoms with Gasteiger partial charge < -0.3 is 0 Å². The van der Waals surface area contributed by atoms with Crippen molar-refractivity contribution in [2.75, 3.05) is 0 Å². The Kier molecular flexibility index (Phi) is 4.74. The monoisotopic (exact) mass is 370 g/mol. The average molecular weight is 372 g/mol. The van der Waals surface area contributed by atoms with Crippen LogP contribution in [0.25, 0.3) is 11.1 Å². The summed E-state index contributed by atoms with van der Waals surface area (Å²) in [6, 6.07) is 7.06. The van der Waals surface area contributed by atoms with Gasteiger partial charge in [-0.25, -0.2) is 4.79 Å². The van der Waals surface area contributed by atoms with Gasteiger partial charge in [-0.2, -0.15) is 0 Å². The van der Waals surface area contributed by atoms with E-state index in [1.54, 1.807) is 6.07 Å². The number of halogens is 2. The van der Waals surface area contributed by atoms with Gasteiger partial charge in [-0.1, -0.05) is 59.6 Å². The van der Waals surface area contributed by atoms with E-state index in [-0.39, 0.29) is 22.7 Å². The number of nitrogens with zero attached hydrogens (tertiary/aromatic N) is 1. The van der Waals surface area contributed by atoms with Gasteiger partial charge in [0.25, 0.3) is 5.56 Å². The van der Waals surface area contributed by atoms with Crippen molar-refractivity contribution in [1.82, 2.24) is 9.55 Å². The molecule has 2 aromatic rings. The van der Waals surface area contributed by atoms with Crippen LogP contribution >= 0.6 is 27.5 Å². The van der Waals surface area contributed by atoms with Gasteiger partial charge in [-0.15, -0.1) is 0 Å². The molecule has 1 atom stereocenters. The first-order chi connectivity index (χ1) is 9.84. The lowest BCUT2D eigenvalue weighted by Crippen LogP contribution is -2.39. The lowest BCUT2D eigenvalue weighted by atomic mass is 10.1. The molecule has 0 spiro atoms. The predicted molar refractivity (Wildman–Crippen MR) is 89.0 cm³/mol. The molecule has 0 fully saturated rings. The van der Waals surface area contributed by atoms with Gasteiger partial charge in [0.05, 0.1) is 5.56 Å². The number of aromatic amines is 1. The van der Waals surface area contributed by atoms with Crippen LogP contribution in [0.5, 0.6) is 0 Å². The Morgan fingerprint density at radius 2 is 1.81 bits per heavy atom. The molecule has 1 aromatic carbocycles. The second-order valence-electron chi connectivity index (χ2n) is 5.26. The smallest absolute Gasteiger partial charge is 0.297 e. The molecular formula is C15H16BrClN2O2. The van der Waals surface area contributed by atoms with Crippen molar-refractivity contribution in [1.29, 1.82) is 0 Å². The van der Waals surface area contributed by atoms with E-state index in [2.05, 4.69) is 20.9 Å². The fourth-order valence-corrected chi connectivity index (χ4v) is 2.84. The first-order valence-electron chi connectivity index (χ1n) is 6.63. The molecule has 1 aromatic heterocycles. The maximum Gasteiger partial charge on any atom is 0.329 e. The predicted octanol–water partition coefficient (Wildman–Crippen LogP) is 3.84. The molecule has 6 heteroatoms. The summed E-state index contributed by atoms with van der Waals surface area (Å²) in [5.41, 5.74) is 0.101. The lowest BCUT2D eigenvalue weighted by Gasteiger charge is -2.19. The van der Waals surface area contributed by atoms with E-state index >= 15 is 0 Å². The molecule has 2 rings (SSSR count). The van der Waals surface area contributed by atoms with Crippen molar-refractivity contribution in [3.8, 4) is 11.1 Å². The highest BCUT2D eigenvalue weighted by Gasteiger charge is 2.21. The zero-order chi connectivity index (χ0) is 15.7. The Balaban J connectivity index is 2.81. The molecule has 0 aliphatic heterocycles. The summed E-state index contributed by atoms with van der Waals surface area (Å²) in [6.07, 6.45) is 0. The Hall–Kier alpha value is -1.33. The van der Waals surface area contributed by atoms with Crippen LogP contribution in [-0.4, -0.2) is 9.55 Å². The van der Waals surface area contributed by atoms with E-state index in [9.17, 15) is 9.59 Å². The minimum absolute atomic E-state index is 0.0594. The number of aromatic nitrogens is 2. The Bertz CT molecular complexity index is 780. The van der Waals surface area contributed by atoms with Crippen LogP contribution < -0.4 is 11.2 Å². The molecule has 0 saturated heterocycles. The van der Waals surface area contributed by atoms with E-state index in [0.29, 0.717) is 11.1 Å². The van der Waals surface area contributed by atoms with Gasteiger partial charge in [-0.05, 0) is 18.9 Å². The van der Waals surface area contributed by atoms with E-state index < -0.39 is 5.69 Å². The van der Waals surface area contributed by atoms with Crippen LogP contribution in [0.15, 0.2) is 38.3 Å². The van der Waals surface area contributed by atoms with Crippen LogP contribution in [0.2, 0.25) is 5.15 Å². The average Bonchev–Trinajstić information content (AvgIpc) is 2.40. The van der Waals surface area contributed by atoms with Crippen LogP contribution in [0.3, 0.4) is 0 Å². The molecule has 1 N–H and O–H groups in total. The molecule has 0 bridgehead atoms. The zero-order valence-corrected chi connectivity index (χ0v) is 14.3. The fourth-order valence-electron chi connectivity index (χ4n) is 2.09. The Labute approximate surface area is 135 Å². The first-order valence-corrected chi connectivity index (χ1v) is 7.81. The van der Waals surface area contributed by atoms with Gasteiger partial charge in [0.15, 0.2) is 0 Å². The number of nitrogens with one attached hydrogen (secondary N) is 1. The number of benzene rings is 1. The van der Waals surface area contributed by atoms with Gasteiger partial charge in [0.2, 0.25) is 0 Å². The maximum absolute atomic E-state index is 12.7. The van der Waals surface area contributed by atoms with Crippen molar-refractivity contribution in [2.24, 2.45) is 5.92 Å². The van der Waals surface area contributed by atoms with Crippen LogP contribution in [0, 0.1) is 5.92 Å². The van der Waals surface area contributed by atoms with Gasteiger partial charge in [-0.3, -0.25) is 14.3 Å². The highest BCUT2D eigenvalue weighted by Crippen LogP contribution is 2.29. The fraction of sp³-hybridized carbons (Fsp3) is 0.333. The highest BCUT2D eigenvalue weighted by molar-refractivity contribution is 9.10. The zero-order valence-electron chi connectivity index (χ0n) is 12.0. The lowest BCUT2D eigenvalue weighted by molar-refractivity contribution is 0.384. The summed E-state index contributed by atoms with van der Waals surface area (Å²) < 4.78 is 1.98. The summed E-state index contributed by atoms with van der Waals surface area (Å²) in [4.78, 5) is 27.4. The third kappa shape index (κ3) is 2.99. The minimum Gasteiger partial charge on any atom is -0.297 e. The SMILES string of the molecule is CC(C)C(C)n1c(=O)[nH]c(Cl)c(-c2ccccc2Br)c1=O. The van der Waals surface area contributed by atoms with E-state index in [1.165, 1.54) is 4.57 Å². The summed E-state index contributed by atoms with van der Waals surface area (Å²) in [6.45, 7) is 5.77. The normalized spacial score (nSPS) is 12.7. The number of rotatable bonds is 3. The maximum atomic E-state index is 12.7. The second kappa shape index (κ2) is 6.20. The second-order valence-corrected chi connectivity index (χ2v) is 6.49. The third-order valence-electron chi connectivity index (χ3n) is 3.60. The first kappa shape index (κ1) is 16.0. The molecule has 0 radical (unpaired) electrons. The highest BCUT2D eigenvalue weighted by atomic mass is 79.9. The third-order valence-corrected chi connectivity index (χ3v) is 4.58. The summed E-state index contributed by atoms with van der Waals surface area (Å²) in [5.74, 6) is 0.150. The molecule has 1 heterocycles. The molecule has 112 valence electrons. The molecular weight excluding hydrogens is 356 g/mol. The largest absolute Gasteiger partial charge is 0.329 e. The van der Waals surface area contributed by atoms with Crippen molar-refractivity contribution >= 4 is 27.5 Å². The molecule has 21 heavy (non-hydrogen) atoms. The van der Waals surface area contributed by atoms with Gasteiger partial charge in [0, 0.05) is 16.1 Å². The molecule has 0 amide bonds. The van der Waals surface area contributed by atoms with Crippen LogP contribution in [0.4, 0.5) is 0 Å². The molecule has 0 aliphatic carbocycles. The van der Waals surface area contributed by atoms with E-state index in [4.69, 9.17) is 11.6 Å². The summed E-state index contributed by atoms with van der Waals surface area (Å²) in [5, 5.41) is 0.0594. The van der Waals surface area contributed by atoms with Crippen molar-refractivity contribution in [3.63, 3.8) is 0 Å². The van der Waals surface area contributed by atoms with Crippen molar-refractivity contribution in [3.05, 3.63) is 54.7 Å². The molecule has 0 aliphatic rings. The van der Waals surface area contributed by atoms with Gasteiger partial charge in [0.1, 0.15) is 5.15 Å². The molecule has 0 saturated carbocycles. The summed E-state index contributed by atoms with van der Waals surface area (Å²) in [7, 11) is 0. The quantitative estimate of drug-likeness (QED) is 0.834. The summed E-state index contributed by atoms with van der Waals surface area (Å²) >= 11 is 9.52. The van der Waals surface area contributed by atoms with E-state index in [0.717, 1.165) is 4.47 Å². The van der Waals surface area contributed by atoms with Crippen LogP contribution in [0.1, 0.15) is 26.8 Å². The van der Waals surface area contributed by atoms with Crippen LogP contribution in [-0.2, 0) is 0 Å². The van der Waals surface area contributed by atoms with Gasteiger partial charge >= 0.3 is 5.69 Å². The Morgan fingerprint density at radius 3 is 2.38 bits per heavy atom. The van der Waals surface area contributed by atoms with E-state index in [1.807, 2.05) is 39.0 Å². The topological polar surface area (TPSA) is 54.9 Å². The number of hydrogen-bond acceptors (Lipinski definition) is 2. The molecule has 1 unspecified atom stereocenters. The molecule has 4 nitrogen and oxygen atoms in total. The standard InChI is InChI=1S/C15H16BrClN2O2/c1-8(2)9(3)19-14(20)12(13(17)18-15(19)21)10-6-4-5-7-11(10)16/h4-9H,1-3H3,(H,18,21).